The van der Waals surface area contributed by atoms with E-state index < -0.39 is 0 Å². The van der Waals surface area contributed by atoms with Crippen LogP contribution < -0.4 is 5.73 Å². The molecule has 0 aliphatic carbocycles. The summed E-state index contributed by atoms with van der Waals surface area (Å²) in [6.07, 6.45) is 0.967. The first-order valence-electron chi connectivity index (χ1n) is 6.56. The Morgan fingerprint density at radius 3 is 2.47 bits per heavy atom. The minimum absolute atomic E-state index is 0.241. The predicted octanol–water partition coefficient (Wildman–Crippen LogP) is 2.71. The zero-order chi connectivity index (χ0) is 14.0. The summed E-state index contributed by atoms with van der Waals surface area (Å²) in [4.78, 5) is 0. The number of nitrogens with zero attached hydrogens (tertiary/aromatic N) is 2. The summed E-state index contributed by atoms with van der Waals surface area (Å²) in [7, 11) is 0. The Morgan fingerprint density at radius 1 is 1.21 bits per heavy atom. The highest BCUT2D eigenvalue weighted by molar-refractivity contribution is 5.28. The SMILES string of the molecule is CCc1c(C)nn(Cc2cc(F)cc(CN)c2)c1C. The standard InChI is InChI=1S/C15H20FN3/c1-4-15-10(2)18-19(11(15)3)9-13-5-12(8-17)6-14(16)7-13/h5-7H,4,8-9,17H2,1-3H3. The maximum atomic E-state index is 13.5. The largest absolute Gasteiger partial charge is 0.326 e. The fourth-order valence-electron chi connectivity index (χ4n) is 2.50. The van der Waals surface area contributed by atoms with Crippen molar-refractivity contribution in [2.75, 3.05) is 0 Å². The molecule has 2 aromatic rings. The van der Waals surface area contributed by atoms with Gasteiger partial charge in [-0.15, -0.1) is 0 Å². The van der Waals surface area contributed by atoms with E-state index in [0.29, 0.717) is 13.1 Å². The smallest absolute Gasteiger partial charge is 0.123 e. The van der Waals surface area contributed by atoms with Crippen molar-refractivity contribution in [1.82, 2.24) is 9.78 Å². The first kappa shape index (κ1) is 13.7. The summed E-state index contributed by atoms with van der Waals surface area (Å²) in [5.41, 5.74) is 10.8. The van der Waals surface area contributed by atoms with Gasteiger partial charge in [0.2, 0.25) is 0 Å². The Kier molecular flexibility index (Phi) is 4.00. The van der Waals surface area contributed by atoms with E-state index in [1.807, 2.05) is 17.7 Å². The molecule has 0 saturated carbocycles. The molecule has 0 saturated heterocycles. The van der Waals surface area contributed by atoms with Gasteiger partial charge < -0.3 is 5.73 Å². The van der Waals surface area contributed by atoms with Crippen LogP contribution in [0, 0.1) is 19.7 Å². The average molecular weight is 261 g/mol. The molecule has 0 spiro atoms. The summed E-state index contributed by atoms with van der Waals surface area (Å²) in [5.74, 6) is -0.241. The number of aromatic nitrogens is 2. The molecule has 102 valence electrons. The van der Waals surface area contributed by atoms with Crippen molar-refractivity contribution in [3.8, 4) is 0 Å². The number of nitrogens with two attached hydrogens (primary N) is 1. The van der Waals surface area contributed by atoms with Crippen LogP contribution in [-0.4, -0.2) is 9.78 Å². The van der Waals surface area contributed by atoms with Gasteiger partial charge in [-0.25, -0.2) is 4.39 Å². The highest BCUT2D eigenvalue weighted by Gasteiger charge is 2.10. The van der Waals surface area contributed by atoms with Gasteiger partial charge in [0.05, 0.1) is 12.2 Å². The van der Waals surface area contributed by atoms with Gasteiger partial charge in [-0.2, -0.15) is 5.10 Å². The van der Waals surface area contributed by atoms with E-state index in [2.05, 4.69) is 18.9 Å². The predicted molar refractivity (Wildman–Crippen MR) is 74.5 cm³/mol. The number of rotatable bonds is 4. The Labute approximate surface area is 113 Å². The highest BCUT2D eigenvalue weighted by Crippen LogP contribution is 2.16. The number of halogens is 1. The molecule has 0 bridgehead atoms. The van der Waals surface area contributed by atoms with Gasteiger partial charge in [0.1, 0.15) is 5.82 Å². The van der Waals surface area contributed by atoms with Gasteiger partial charge >= 0.3 is 0 Å². The van der Waals surface area contributed by atoms with E-state index in [9.17, 15) is 4.39 Å². The molecule has 2 rings (SSSR count). The molecule has 3 nitrogen and oxygen atoms in total. The zero-order valence-electron chi connectivity index (χ0n) is 11.7. The van der Waals surface area contributed by atoms with E-state index in [1.54, 1.807) is 6.07 Å². The maximum absolute atomic E-state index is 13.5. The van der Waals surface area contributed by atoms with Crippen LogP contribution in [0.2, 0.25) is 0 Å². The van der Waals surface area contributed by atoms with Crippen LogP contribution >= 0.6 is 0 Å². The molecule has 1 aromatic heterocycles. The van der Waals surface area contributed by atoms with Crippen LogP contribution in [-0.2, 0) is 19.5 Å². The maximum Gasteiger partial charge on any atom is 0.123 e. The Balaban J connectivity index is 2.33. The second-order valence-corrected chi connectivity index (χ2v) is 4.83. The van der Waals surface area contributed by atoms with Gasteiger partial charge in [0.25, 0.3) is 0 Å². The second kappa shape index (κ2) is 5.53. The first-order chi connectivity index (χ1) is 9.05. The fraction of sp³-hybridized carbons (Fsp3) is 0.400. The quantitative estimate of drug-likeness (QED) is 0.919. The van der Waals surface area contributed by atoms with Gasteiger partial charge in [-0.1, -0.05) is 13.0 Å². The van der Waals surface area contributed by atoms with E-state index in [1.165, 1.54) is 11.6 Å². The van der Waals surface area contributed by atoms with Crippen molar-refractivity contribution >= 4 is 0 Å². The van der Waals surface area contributed by atoms with Crippen LogP contribution in [0.15, 0.2) is 18.2 Å². The minimum atomic E-state index is -0.241. The lowest BCUT2D eigenvalue weighted by Gasteiger charge is -2.07. The first-order valence-corrected chi connectivity index (χ1v) is 6.56. The lowest BCUT2D eigenvalue weighted by atomic mass is 10.1. The summed E-state index contributed by atoms with van der Waals surface area (Å²) >= 11 is 0. The van der Waals surface area contributed by atoms with Gasteiger partial charge in [-0.3, -0.25) is 4.68 Å². The van der Waals surface area contributed by atoms with Gasteiger partial charge in [0.15, 0.2) is 0 Å². The second-order valence-electron chi connectivity index (χ2n) is 4.83. The Bertz CT molecular complexity index is 587. The molecule has 0 fully saturated rings. The van der Waals surface area contributed by atoms with Crippen molar-refractivity contribution in [2.45, 2.75) is 40.3 Å². The summed E-state index contributed by atoms with van der Waals surface area (Å²) in [5, 5.41) is 4.52. The molecule has 19 heavy (non-hydrogen) atoms. The number of aryl methyl sites for hydroxylation is 1. The molecule has 0 atom stereocenters. The van der Waals surface area contributed by atoms with E-state index in [-0.39, 0.29) is 5.82 Å². The Morgan fingerprint density at radius 2 is 1.89 bits per heavy atom. The average Bonchev–Trinajstić information content (AvgIpc) is 2.63. The summed E-state index contributed by atoms with van der Waals surface area (Å²) < 4.78 is 15.4. The molecule has 0 aliphatic heterocycles. The van der Waals surface area contributed by atoms with Crippen molar-refractivity contribution in [3.63, 3.8) is 0 Å². The molecule has 0 aliphatic rings. The van der Waals surface area contributed by atoms with Crippen LogP contribution in [0.25, 0.3) is 0 Å². The minimum Gasteiger partial charge on any atom is -0.326 e. The van der Waals surface area contributed by atoms with E-state index >= 15 is 0 Å². The molecule has 1 aromatic carbocycles. The molecule has 1 heterocycles. The van der Waals surface area contributed by atoms with E-state index in [4.69, 9.17) is 5.73 Å². The molecular formula is C15H20FN3. The zero-order valence-corrected chi connectivity index (χ0v) is 11.7. The topological polar surface area (TPSA) is 43.8 Å². The normalized spacial score (nSPS) is 11.0. The third-order valence-electron chi connectivity index (χ3n) is 3.47. The number of benzene rings is 1. The van der Waals surface area contributed by atoms with Crippen molar-refractivity contribution in [1.29, 1.82) is 0 Å². The van der Waals surface area contributed by atoms with Gasteiger partial charge in [0, 0.05) is 12.2 Å². The summed E-state index contributed by atoms with van der Waals surface area (Å²) in [6.45, 7) is 7.12. The van der Waals surface area contributed by atoms with Crippen molar-refractivity contribution < 1.29 is 4.39 Å². The van der Waals surface area contributed by atoms with Crippen LogP contribution in [0.4, 0.5) is 4.39 Å². The molecule has 0 unspecified atom stereocenters. The van der Waals surface area contributed by atoms with E-state index in [0.717, 1.165) is 28.9 Å². The molecular weight excluding hydrogens is 241 g/mol. The molecule has 2 N–H and O–H groups in total. The van der Waals surface area contributed by atoms with Crippen LogP contribution in [0.1, 0.15) is 35.0 Å². The third kappa shape index (κ3) is 2.84. The summed E-state index contributed by atoms with van der Waals surface area (Å²) in [6, 6.07) is 4.95. The molecule has 0 amide bonds. The third-order valence-corrected chi connectivity index (χ3v) is 3.47. The highest BCUT2D eigenvalue weighted by atomic mass is 19.1. The molecule has 0 radical (unpaired) electrons. The fourth-order valence-corrected chi connectivity index (χ4v) is 2.50. The van der Waals surface area contributed by atoms with Crippen molar-refractivity contribution in [3.05, 3.63) is 52.1 Å². The molecule has 4 heteroatoms. The number of hydrogen-bond acceptors (Lipinski definition) is 2. The van der Waals surface area contributed by atoms with Crippen LogP contribution in [0.5, 0.6) is 0 Å². The van der Waals surface area contributed by atoms with Gasteiger partial charge in [-0.05, 0) is 49.1 Å². The van der Waals surface area contributed by atoms with Crippen LogP contribution in [0.3, 0.4) is 0 Å². The lowest BCUT2D eigenvalue weighted by Crippen LogP contribution is -2.06. The Hall–Kier alpha value is -1.68. The monoisotopic (exact) mass is 261 g/mol. The number of hydrogen-bond donors (Lipinski definition) is 1. The lowest BCUT2D eigenvalue weighted by molar-refractivity contribution is 0.613. The van der Waals surface area contributed by atoms with Crippen molar-refractivity contribution in [2.24, 2.45) is 5.73 Å².